The van der Waals surface area contributed by atoms with Gasteiger partial charge in [-0.05, 0) is 93.5 Å². The molecule has 2 aromatic heterocycles. The molecule has 0 saturated heterocycles. The van der Waals surface area contributed by atoms with Crippen molar-refractivity contribution >= 4 is 47.2 Å². The molecule has 0 unspecified atom stereocenters. The molecule has 0 spiro atoms. The van der Waals surface area contributed by atoms with Crippen molar-refractivity contribution in [3.63, 3.8) is 0 Å². The summed E-state index contributed by atoms with van der Waals surface area (Å²) >= 11 is 5.30. The highest BCUT2D eigenvalue weighted by Gasteiger charge is 2.51. The van der Waals surface area contributed by atoms with Crippen LogP contribution in [0, 0.1) is 27.9 Å². The molecule has 0 radical (unpaired) electrons. The van der Waals surface area contributed by atoms with Crippen molar-refractivity contribution in [1.82, 2.24) is 30.2 Å². The highest BCUT2D eigenvalue weighted by atomic mass is 32.1. The standard InChI is InChI=1S/C30H39N7O6S/c38-24(15-37-25(39)22(35-28(37)44)6-3-7-31-27-33-20-4-1-2-5-21(20)34-27)32-14-23(26(40)41)36-29(42)43-16-30-11-17-8-18(12-30)10-19(9-17)13-30/h1-2,4-5,17-19,23,39H,3,6-16H2,(H,32,38)(H,35,44)(H,36,42)(H,40,41)(H2,31,33,34)/t17?,18?,19?,23-,30?/m0/s1. The number of fused-ring (bicyclic) bond motifs is 1. The van der Waals surface area contributed by atoms with Crippen LogP contribution in [0.2, 0.25) is 0 Å². The van der Waals surface area contributed by atoms with Crippen LogP contribution in [-0.4, -0.2) is 73.4 Å². The molecule has 236 valence electrons. The first-order valence-corrected chi connectivity index (χ1v) is 15.7. The molecule has 2 amide bonds. The summed E-state index contributed by atoms with van der Waals surface area (Å²) in [6, 6.07) is 6.35. The van der Waals surface area contributed by atoms with Crippen molar-refractivity contribution in [3.05, 3.63) is 34.7 Å². The average Bonchev–Trinajstić information content (AvgIpc) is 3.51. The van der Waals surface area contributed by atoms with E-state index in [1.807, 2.05) is 24.3 Å². The van der Waals surface area contributed by atoms with Gasteiger partial charge in [-0.15, -0.1) is 0 Å². The van der Waals surface area contributed by atoms with Crippen molar-refractivity contribution in [2.45, 2.75) is 64.0 Å². The van der Waals surface area contributed by atoms with Crippen LogP contribution in [0.5, 0.6) is 5.88 Å². The van der Waals surface area contributed by atoms with Gasteiger partial charge in [0.1, 0.15) is 12.6 Å². The number of aromatic amines is 2. The minimum Gasteiger partial charge on any atom is -0.493 e. The van der Waals surface area contributed by atoms with E-state index < -0.39 is 24.0 Å². The van der Waals surface area contributed by atoms with E-state index in [9.17, 15) is 24.6 Å². The first-order valence-electron chi connectivity index (χ1n) is 15.3. The number of ether oxygens (including phenoxy) is 1. The zero-order valence-electron chi connectivity index (χ0n) is 24.4. The van der Waals surface area contributed by atoms with E-state index >= 15 is 0 Å². The van der Waals surface area contributed by atoms with Crippen LogP contribution < -0.4 is 16.0 Å². The quantitative estimate of drug-likeness (QED) is 0.110. The molecule has 4 fully saturated rings. The summed E-state index contributed by atoms with van der Waals surface area (Å²) in [5.74, 6) is 0.775. The second-order valence-corrected chi connectivity index (χ2v) is 13.2. The largest absolute Gasteiger partial charge is 0.493 e. The van der Waals surface area contributed by atoms with Gasteiger partial charge >= 0.3 is 12.1 Å². The van der Waals surface area contributed by atoms with Gasteiger partial charge in [0.15, 0.2) is 4.77 Å². The molecular weight excluding hydrogens is 586 g/mol. The maximum atomic E-state index is 12.7. The van der Waals surface area contributed by atoms with Crippen LogP contribution in [0.3, 0.4) is 0 Å². The number of amides is 2. The number of alkyl carbamates (subject to hydrolysis) is 1. The number of carbonyl (C=O) groups is 3. The Bertz CT molecular complexity index is 1530. The van der Waals surface area contributed by atoms with E-state index in [0.29, 0.717) is 55.4 Å². The number of benzene rings is 1. The fourth-order valence-corrected chi connectivity index (χ4v) is 8.10. The Morgan fingerprint density at radius 2 is 1.82 bits per heavy atom. The number of hydrogen-bond donors (Lipinski definition) is 7. The van der Waals surface area contributed by atoms with Gasteiger partial charge in [-0.25, -0.2) is 14.6 Å². The molecule has 4 aliphatic carbocycles. The number of rotatable bonds is 13. The van der Waals surface area contributed by atoms with Crippen LogP contribution in [-0.2, 0) is 27.3 Å². The van der Waals surface area contributed by atoms with E-state index in [-0.39, 0.29) is 29.2 Å². The highest BCUT2D eigenvalue weighted by Crippen LogP contribution is 2.60. The molecule has 0 aliphatic heterocycles. The number of carboxylic acids is 1. The van der Waals surface area contributed by atoms with Crippen LogP contribution >= 0.6 is 12.2 Å². The van der Waals surface area contributed by atoms with Gasteiger partial charge in [-0.1, -0.05) is 12.1 Å². The van der Waals surface area contributed by atoms with Gasteiger partial charge in [0.25, 0.3) is 0 Å². The third-order valence-electron chi connectivity index (χ3n) is 9.38. The topological polar surface area (TPSA) is 186 Å². The monoisotopic (exact) mass is 625 g/mol. The predicted octanol–water partition coefficient (Wildman–Crippen LogP) is 3.68. The van der Waals surface area contributed by atoms with Crippen molar-refractivity contribution in [2.75, 3.05) is 25.0 Å². The minimum atomic E-state index is -1.37. The number of H-pyrrole nitrogens is 2. The first kappa shape index (κ1) is 30.0. The van der Waals surface area contributed by atoms with Gasteiger partial charge in [0.2, 0.25) is 17.7 Å². The summed E-state index contributed by atoms with van der Waals surface area (Å²) in [6.45, 7) is 0.213. The molecule has 7 N–H and O–H groups in total. The Morgan fingerprint density at radius 1 is 1.11 bits per heavy atom. The van der Waals surface area contributed by atoms with Crippen LogP contribution in [0.25, 0.3) is 11.0 Å². The number of anilines is 1. The number of aryl methyl sites for hydroxylation is 1. The number of aromatic nitrogens is 4. The zero-order chi connectivity index (χ0) is 30.8. The molecule has 3 aromatic rings. The lowest BCUT2D eigenvalue weighted by atomic mass is 9.50. The fourth-order valence-electron chi connectivity index (χ4n) is 7.83. The van der Waals surface area contributed by atoms with Crippen LogP contribution in [0.15, 0.2) is 24.3 Å². The SMILES string of the molecule is O=C(Cn1c(O)c(CCCNc2nc3ccccc3[nH]2)[nH]c1=S)NC[C@H](NC(=O)OCC12CC3CC(CC(C3)C1)C2)C(=O)O. The fraction of sp³-hybridized carbons (Fsp3) is 0.567. The van der Waals surface area contributed by atoms with Crippen molar-refractivity contribution in [2.24, 2.45) is 23.2 Å². The van der Waals surface area contributed by atoms with Gasteiger partial charge in [0, 0.05) is 18.5 Å². The summed E-state index contributed by atoms with van der Waals surface area (Å²) in [5, 5.41) is 28.4. The predicted molar refractivity (Wildman–Crippen MR) is 164 cm³/mol. The summed E-state index contributed by atoms with van der Waals surface area (Å²) < 4.78 is 6.94. The van der Waals surface area contributed by atoms with E-state index in [2.05, 4.69) is 30.9 Å². The summed E-state index contributed by atoms with van der Waals surface area (Å²) in [5.41, 5.74) is 2.30. The molecule has 4 bridgehead atoms. The van der Waals surface area contributed by atoms with E-state index in [1.54, 1.807) is 0 Å². The molecule has 1 atom stereocenters. The normalized spacial score (nSPS) is 24.2. The van der Waals surface area contributed by atoms with E-state index in [4.69, 9.17) is 17.0 Å². The Hall–Kier alpha value is -4.07. The van der Waals surface area contributed by atoms with Crippen molar-refractivity contribution in [1.29, 1.82) is 0 Å². The Kier molecular flexibility index (Phi) is 8.52. The molecule has 2 heterocycles. The summed E-state index contributed by atoms with van der Waals surface area (Å²) in [4.78, 5) is 47.6. The number of para-hydroxylation sites is 2. The molecule has 4 saturated carbocycles. The lowest BCUT2D eigenvalue weighted by Crippen LogP contribution is -2.51. The van der Waals surface area contributed by atoms with Crippen LogP contribution in [0.1, 0.15) is 50.6 Å². The second-order valence-electron chi connectivity index (χ2n) is 12.8. The summed E-state index contributed by atoms with van der Waals surface area (Å²) in [6.07, 6.45) is 7.36. The highest BCUT2D eigenvalue weighted by molar-refractivity contribution is 7.71. The minimum absolute atomic E-state index is 0.0145. The Labute approximate surface area is 259 Å². The Morgan fingerprint density at radius 3 is 2.50 bits per heavy atom. The molecule has 4 aliphatic rings. The molecule has 1 aromatic carbocycles. The maximum absolute atomic E-state index is 12.7. The molecule has 44 heavy (non-hydrogen) atoms. The van der Waals surface area contributed by atoms with E-state index in [1.165, 1.54) is 23.8 Å². The average molecular weight is 626 g/mol. The number of aliphatic carboxylic acids is 1. The third-order valence-corrected chi connectivity index (χ3v) is 9.71. The van der Waals surface area contributed by atoms with Gasteiger partial charge < -0.3 is 40.9 Å². The van der Waals surface area contributed by atoms with Crippen LogP contribution in [0.4, 0.5) is 10.7 Å². The second kappa shape index (κ2) is 12.5. The van der Waals surface area contributed by atoms with Crippen molar-refractivity contribution in [3.8, 4) is 5.88 Å². The number of nitrogens with one attached hydrogen (secondary N) is 5. The number of carbonyl (C=O) groups excluding carboxylic acids is 2. The molecule has 7 rings (SSSR count). The third kappa shape index (κ3) is 6.69. The molecular formula is C30H39N7O6S. The zero-order valence-corrected chi connectivity index (χ0v) is 25.3. The Balaban J connectivity index is 0.942. The van der Waals surface area contributed by atoms with Crippen molar-refractivity contribution < 1.29 is 29.3 Å². The van der Waals surface area contributed by atoms with Gasteiger partial charge in [0.05, 0.1) is 23.3 Å². The number of imidazole rings is 2. The lowest BCUT2D eigenvalue weighted by molar-refractivity contribution is -0.139. The number of carboxylic acid groups (broad SMARTS) is 1. The number of nitrogens with zero attached hydrogens (tertiary/aromatic N) is 2. The van der Waals surface area contributed by atoms with E-state index in [0.717, 1.165) is 30.3 Å². The first-order chi connectivity index (χ1) is 21.2. The molecule has 13 nitrogen and oxygen atoms in total. The maximum Gasteiger partial charge on any atom is 0.407 e. The van der Waals surface area contributed by atoms with Gasteiger partial charge in [-0.2, -0.15) is 0 Å². The summed E-state index contributed by atoms with van der Waals surface area (Å²) in [7, 11) is 0. The number of hydrogen-bond acceptors (Lipinski definition) is 8. The smallest absolute Gasteiger partial charge is 0.407 e. The van der Waals surface area contributed by atoms with Gasteiger partial charge in [-0.3, -0.25) is 9.36 Å². The number of aromatic hydroxyl groups is 1. The lowest BCUT2D eigenvalue weighted by Gasteiger charge is -2.56. The molecule has 14 heteroatoms.